The van der Waals surface area contributed by atoms with Crippen molar-refractivity contribution in [1.82, 2.24) is 9.88 Å². The first-order chi connectivity index (χ1) is 15.2. The summed E-state index contributed by atoms with van der Waals surface area (Å²) in [6, 6.07) is 5.48. The fourth-order valence-corrected chi connectivity index (χ4v) is 3.93. The van der Waals surface area contributed by atoms with Crippen LogP contribution in [0.25, 0.3) is 0 Å². The van der Waals surface area contributed by atoms with Crippen LogP contribution in [0.15, 0.2) is 47.5 Å². The summed E-state index contributed by atoms with van der Waals surface area (Å²) < 4.78 is 48.9. The summed E-state index contributed by atoms with van der Waals surface area (Å²) in [4.78, 5) is 27.5. The molecule has 11 heteroatoms. The molecule has 2 aromatic heterocycles. The van der Waals surface area contributed by atoms with E-state index in [2.05, 4.69) is 4.98 Å². The molecule has 1 saturated heterocycles. The van der Waals surface area contributed by atoms with Crippen molar-refractivity contribution in [2.75, 3.05) is 26.3 Å². The maximum absolute atomic E-state index is 12.7. The Balaban J connectivity index is 0.000000360. The number of carbonyl (C=O) groups is 2. The minimum Gasteiger partial charge on any atom is -0.492 e. The molecule has 0 unspecified atom stereocenters. The van der Waals surface area contributed by atoms with Gasteiger partial charge in [-0.05, 0) is 37.5 Å². The zero-order valence-corrected chi connectivity index (χ0v) is 17.1. The molecule has 0 bridgehead atoms. The van der Waals surface area contributed by atoms with Crippen LogP contribution in [0.1, 0.15) is 29.6 Å². The van der Waals surface area contributed by atoms with Crippen LogP contribution >= 0.6 is 0 Å². The van der Waals surface area contributed by atoms with E-state index in [0.29, 0.717) is 31.9 Å². The molecule has 8 nitrogen and oxygen atoms in total. The first-order valence-corrected chi connectivity index (χ1v) is 10.00. The predicted octanol–water partition coefficient (Wildman–Crippen LogP) is 3.40. The van der Waals surface area contributed by atoms with E-state index < -0.39 is 12.1 Å². The highest BCUT2D eigenvalue weighted by molar-refractivity contribution is 5.93. The summed E-state index contributed by atoms with van der Waals surface area (Å²) >= 11 is 0. The van der Waals surface area contributed by atoms with Gasteiger partial charge in [0, 0.05) is 18.7 Å². The van der Waals surface area contributed by atoms with E-state index in [4.69, 9.17) is 23.8 Å². The van der Waals surface area contributed by atoms with Crippen LogP contribution < -0.4 is 4.74 Å². The van der Waals surface area contributed by atoms with E-state index in [0.717, 1.165) is 25.0 Å². The fourth-order valence-electron chi connectivity index (χ4n) is 3.93. The summed E-state index contributed by atoms with van der Waals surface area (Å²) in [6.07, 6.45) is 4.50. The third kappa shape index (κ3) is 5.78. The van der Waals surface area contributed by atoms with Gasteiger partial charge in [-0.15, -0.1) is 0 Å². The average molecular weight is 456 g/mol. The number of amides is 1. The third-order valence-electron chi connectivity index (χ3n) is 5.49. The number of carbonyl (C=O) groups excluding carboxylic acids is 1. The molecule has 2 aromatic rings. The number of carboxylic acids is 1. The molecule has 1 aliphatic heterocycles. The minimum atomic E-state index is -5.08. The van der Waals surface area contributed by atoms with Gasteiger partial charge in [-0.25, -0.2) is 4.79 Å². The summed E-state index contributed by atoms with van der Waals surface area (Å²) in [5.74, 6) is -1.71. The van der Waals surface area contributed by atoms with Crippen LogP contribution in [-0.2, 0) is 9.53 Å². The van der Waals surface area contributed by atoms with Gasteiger partial charge in [0.1, 0.15) is 12.0 Å². The molecule has 174 valence electrons. The SMILES string of the molecule is O=C(O)C(F)(F)F.O=C(c1ccoc1)N1CCO[C@]2(CCC[C@H]2COc2cccnc2)C1. The van der Waals surface area contributed by atoms with Crippen LogP contribution in [0, 0.1) is 5.92 Å². The highest BCUT2D eigenvalue weighted by atomic mass is 19.4. The van der Waals surface area contributed by atoms with Crippen molar-refractivity contribution in [3.8, 4) is 5.75 Å². The van der Waals surface area contributed by atoms with Gasteiger partial charge < -0.3 is 23.9 Å². The number of nitrogens with zero attached hydrogens (tertiary/aromatic N) is 2. The molecule has 0 aromatic carbocycles. The minimum absolute atomic E-state index is 0.00949. The van der Waals surface area contributed by atoms with Crippen LogP contribution in [0.4, 0.5) is 13.2 Å². The number of pyridine rings is 1. The Morgan fingerprint density at radius 1 is 1.34 bits per heavy atom. The van der Waals surface area contributed by atoms with Gasteiger partial charge >= 0.3 is 12.1 Å². The number of alkyl halides is 3. The standard InChI is InChI=1S/C19H22N2O4.C2HF3O2/c22-18(15-5-9-23-12-15)21-8-10-25-19(14-21)6-1-3-16(19)13-24-17-4-2-7-20-11-17;3-2(4,5)1(6)7/h2,4-5,7,9,11-12,16H,1,3,6,8,10,13-14H2;(H,6,7)/t16-,19+;/m0./s1. The maximum Gasteiger partial charge on any atom is 0.490 e. The lowest BCUT2D eigenvalue weighted by Crippen LogP contribution is -2.56. The zero-order valence-electron chi connectivity index (χ0n) is 17.1. The molecule has 4 rings (SSSR count). The molecular formula is C21H23F3N2O6. The van der Waals surface area contributed by atoms with Gasteiger partial charge in [-0.1, -0.05) is 0 Å². The van der Waals surface area contributed by atoms with Gasteiger partial charge in [-0.3, -0.25) is 9.78 Å². The Kier molecular flexibility index (Phi) is 7.39. The van der Waals surface area contributed by atoms with Crippen molar-refractivity contribution in [1.29, 1.82) is 0 Å². The molecule has 3 heterocycles. The number of furan rings is 1. The molecule has 1 amide bonds. The smallest absolute Gasteiger partial charge is 0.490 e. The van der Waals surface area contributed by atoms with Gasteiger partial charge in [0.15, 0.2) is 0 Å². The van der Waals surface area contributed by atoms with Crippen molar-refractivity contribution in [3.05, 3.63) is 48.7 Å². The van der Waals surface area contributed by atoms with Crippen LogP contribution in [0.5, 0.6) is 5.75 Å². The third-order valence-corrected chi connectivity index (χ3v) is 5.49. The number of aromatic nitrogens is 1. The number of rotatable bonds is 4. The lowest BCUT2D eigenvalue weighted by Gasteiger charge is -2.43. The fraction of sp³-hybridized carbons (Fsp3) is 0.476. The highest BCUT2D eigenvalue weighted by Crippen LogP contribution is 2.41. The van der Waals surface area contributed by atoms with Crippen molar-refractivity contribution in [2.24, 2.45) is 5.92 Å². The Labute approximate surface area is 181 Å². The molecule has 1 spiro atoms. The van der Waals surface area contributed by atoms with Crippen LogP contribution in [-0.4, -0.2) is 64.9 Å². The van der Waals surface area contributed by atoms with E-state index in [1.54, 1.807) is 18.5 Å². The van der Waals surface area contributed by atoms with Crippen molar-refractivity contribution in [3.63, 3.8) is 0 Å². The molecule has 0 radical (unpaired) electrons. The molecule has 2 atom stereocenters. The second-order valence-electron chi connectivity index (χ2n) is 7.54. The Morgan fingerprint density at radius 2 is 2.12 bits per heavy atom. The number of carboxylic acid groups (broad SMARTS) is 1. The number of hydrogen-bond donors (Lipinski definition) is 1. The molecule has 2 fully saturated rings. The van der Waals surface area contributed by atoms with Crippen molar-refractivity contribution < 1.29 is 41.8 Å². The molecule has 2 aliphatic rings. The van der Waals surface area contributed by atoms with E-state index in [-0.39, 0.29) is 17.4 Å². The van der Waals surface area contributed by atoms with Gasteiger partial charge in [0.25, 0.3) is 5.91 Å². The molecular weight excluding hydrogens is 433 g/mol. The molecule has 1 N–H and O–H groups in total. The molecule has 1 saturated carbocycles. The van der Waals surface area contributed by atoms with E-state index in [1.165, 1.54) is 12.5 Å². The first-order valence-electron chi connectivity index (χ1n) is 10.00. The predicted molar refractivity (Wildman–Crippen MR) is 104 cm³/mol. The number of ether oxygens (including phenoxy) is 2. The first kappa shape index (κ1) is 23.6. The lowest BCUT2D eigenvalue weighted by molar-refractivity contribution is -0.192. The lowest BCUT2D eigenvalue weighted by atomic mass is 9.89. The van der Waals surface area contributed by atoms with E-state index >= 15 is 0 Å². The van der Waals surface area contributed by atoms with Crippen molar-refractivity contribution in [2.45, 2.75) is 31.0 Å². The maximum atomic E-state index is 12.7. The average Bonchev–Trinajstić information content (AvgIpc) is 3.43. The Hall–Kier alpha value is -3.08. The molecule has 32 heavy (non-hydrogen) atoms. The second kappa shape index (κ2) is 10.0. The van der Waals surface area contributed by atoms with Crippen LogP contribution in [0.2, 0.25) is 0 Å². The number of hydrogen-bond acceptors (Lipinski definition) is 6. The largest absolute Gasteiger partial charge is 0.492 e. The van der Waals surface area contributed by atoms with E-state index in [1.807, 2.05) is 17.0 Å². The summed E-state index contributed by atoms with van der Waals surface area (Å²) in [5.41, 5.74) is 0.290. The second-order valence-corrected chi connectivity index (χ2v) is 7.54. The zero-order chi connectivity index (χ0) is 23.2. The number of halogens is 3. The summed E-state index contributed by atoms with van der Waals surface area (Å²) in [5, 5.41) is 7.12. The van der Waals surface area contributed by atoms with Gasteiger partial charge in [0.2, 0.25) is 0 Å². The Morgan fingerprint density at radius 3 is 2.75 bits per heavy atom. The summed E-state index contributed by atoms with van der Waals surface area (Å²) in [6.45, 7) is 2.37. The van der Waals surface area contributed by atoms with Crippen LogP contribution in [0.3, 0.4) is 0 Å². The normalized spacial score (nSPS) is 22.8. The quantitative estimate of drug-likeness (QED) is 0.752. The van der Waals surface area contributed by atoms with E-state index in [9.17, 15) is 18.0 Å². The summed E-state index contributed by atoms with van der Waals surface area (Å²) in [7, 11) is 0. The number of morpholine rings is 1. The topological polar surface area (TPSA) is 102 Å². The van der Waals surface area contributed by atoms with Gasteiger partial charge in [0.05, 0.1) is 43.4 Å². The van der Waals surface area contributed by atoms with Gasteiger partial charge in [-0.2, -0.15) is 13.2 Å². The van der Waals surface area contributed by atoms with Crippen molar-refractivity contribution >= 4 is 11.9 Å². The molecule has 1 aliphatic carbocycles. The monoisotopic (exact) mass is 456 g/mol. The highest BCUT2D eigenvalue weighted by Gasteiger charge is 2.48. The Bertz CT molecular complexity index is 891. The number of aliphatic carboxylic acids is 1.